The number of hydrogen-bond donors (Lipinski definition) is 1. The molecule has 8 heteroatoms. The molecule has 1 heterocycles. The Morgan fingerprint density at radius 1 is 1.09 bits per heavy atom. The first-order valence-corrected chi connectivity index (χ1v) is 11.8. The highest BCUT2D eigenvalue weighted by Gasteiger charge is 2.15. The Kier molecular flexibility index (Phi) is 7.49. The number of thiazole rings is 1. The topological polar surface area (TPSA) is 72.8 Å². The minimum absolute atomic E-state index is 0.329. The van der Waals surface area contributed by atoms with Gasteiger partial charge in [0.2, 0.25) is 5.13 Å². The van der Waals surface area contributed by atoms with Crippen LogP contribution in [0.2, 0.25) is 0 Å². The van der Waals surface area contributed by atoms with E-state index < -0.39 is 5.97 Å². The van der Waals surface area contributed by atoms with Crippen LogP contribution in [0.15, 0.2) is 87.8 Å². The molecule has 0 saturated heterocycles. The molecule has 33 heavy (non-hydrogen) atoms. The van der Waals surface area contributed by atoms with Crippen molar-refractivity contribution in [1.29, 1.82) is 0 Å². The van der Waals surface area contributed by atoms with Crippen LogP contribution in [-0.2, 0) is 0 Å². The van der Waals surface area contributed by atoms with E-state index in [1.807, 2.05) is 48.7 Å². The van der Waals surface area contributed by atoms with Gasteiger partial charge in [0.1, 0.15) is 0 Å². The van der Waals surface area contributed by atoms with Crippen molar-refractivity contribution in [2.45, 2.75) is 6.92 Å². The third-order valence-electron chi connectivity index (χ3n) is 4.51. The summed E-state index contributed by atoms with van der Waals surface area (Å²) in [6.45, 7) is 2.29. The number of carbonyl (C=O) groups excluding carboxylic acids is 1. The Bertz CT molecular complexity index is 1260. The molecular formula is C25H20BrN3O3S. The molecule has 0 unspecified atom stereocenters. The second-order valence-electron chi connectivity index (χ2n) is 6.78. The molecule has 0 amide bonds. The molecule has 0 fully saturated rings. The summed E-state index contributed by atoms with van der Waals surface area (Å²) in [6.07, 6.45) is 1.65. The number of ether oxygens (including phenoxy) is 2. The summed E-state index contributed by atoms with van der Waals surface area (Å²) in [7, 11) is 0. The molecule has 0 aliphatic heterocycles. The predicted molar refractivity (Wildman–Crippen MR) is 135 cm³/mol. The molecule has 0 bridgehead atoms. The van der Waals surface area contributed by atoms with E-state index in [2.05, 4.69) is 31.4 Å². The Balaban J connectivity index is 1.49. The minimum Gasteiger partial charge on any atom is -0.490 e. The lowest BCUT2D eigenvalue weighted by atomic mass is 10.2. The van der Waals surface area contributed by atoms with Crippen LogP contribution in [-0.4, -0.2) is 23.8 Å². The molecule has 0 atom stereocenters. The molecule has 0 saturated carbocycles. The zero-order valence-corrected chi connectivity index (χ0v) is 20.1. The van der Waals surface area contributed by atoms with Crippen LogP contribution in [0.3, 0.4) is 0 Å². The second kappa shape index (κ2) is 10.9. The van der Waals surface area contributed by atoms with E-state index in [1.54, 1.807) is 42.6 Å². The first-order chi connectivity index (χ1) is 16.1. The van der Waals surface area contributed by atoms with Crippen LogP contribution in [0.5, 0.6) is 11.5 Å². The number of hydrogen-bond acceptors (Lipinski definition) is 7. The van der Waals surface area contributed by atoms with Crippen LogP contribution in [0, 0.1) is 0 Å². The number of nitrogens with zero attached hydrogens (tertiary/aromatic N) is 2. The SMILES string of the molecule is CCOc1cc(C=NNc2nc(-c3ccccc3)cs2)c(Br)cc1OC(=O)c1ccccc1. The van der Waals surface area contributed by atoms with Crippen molar-refractivity contribution in [3.8, 4) is 22.8 Å². The Hall–Kier alpha value is -3.49. The molecule has 0 aliphatic carbocycles. The third kappa shape index (κ3) is 5.85. The molecule has 3 aromatic carbocycles. The van der Waals surface area contributed by atoms with E-state index in [9.17, 15) is 4.79 Å². The number of esters is 1. The minimum atomic E-state index is -0.454. The largest absolute Gasteiger partial charge is 0.490 e. The number of anilines is 1. The lowest BCUT2D eigenvalue weighted by molar-refractivity contribution is 0.0728. The maximum atomic E-state index is 12.5. The summed E-state index contributed by atoms with van der Waals surface area (Å²) in [4.78, 5) is 17.0. The smallest absolute Gasteiger partial charge is 0.343 e. The maximum Gasteiger partial charge on any atom is 0.343 e. The van der Waals surface area contributed by atoms with Gasteiger partial charge in [0.05, 0.1) is 24.1 Å². The van der Waals surface area contributed by atoms with Crippen LogP contribution in [0.4, 0.5) is 5.13 Å². The van der Waals surface area contributed by atoms with E-state index in [0.29, 0.717) is 33.3 Å². The van der Waals surface area contributed by atoms with E-state index in [1.165, 1.54) is 11.3 Å². The fourth-order valence-electron chi connectivity index (χ4n) is 2.95. The summed E-state index contributed by atoms with van der Waals surface area (Å²) in [6, 6.07) is 22.2. The van der Waals surface area contributed by atoms with Crippen molar-refractivity contribution in [3.63, 3.8) is 0 Å². The monoisotopic (exact) mass is 521 g/mol. The first kappa shape index (κ1) is 22.7. The summed E-state index contributed by atoms with van der Waals surface area (Å²) >= 11 is 4.99. The van der Waals surface area contributed by atoms with E-state index >= 15 is 0 Å². The van der Waals surface area contributed by atoms with Crippen molar-refractivity contribution in [2.24, 2.45) is 5.10 Å². The fourth-order valence-corrected chi connectivity index (χ4v) is 4.05. The van der Waals surface area contributed by atoms with Crippen molar-refractivity contribution in [3.05, 3.63) is 93.8 Å². The number of nitrogens with one attached hydrogen (secondary N) is 1. The quantitative estimate of drug-likeness (QED) is 0.122. The molecule has 0 radical (unpaired) electrons. The molecule has 0 aliphatic rings. The molecule has 1 N–H and O–H groups in total. The zero-order chi connectivity index (χ0) is 23.0. The molecule has 166 valence electrons. The second-order valence-corrected chi connectivity index (χ2v) is 8.50. The zero-order valence-electron chi connectivity index (χ0n) is 17.7. The summed E-state index contributed by atoms with van der Waals surface area (Å²) in [5, 5.41) is 6.96. The molecule has 4 rings (SSSR count). The van der Waals surface area contributed by atoms with E-state index in [0.717, 1.165) is 16.8 Å². The van der Waals surface area contributed by atoms with Gasteiger partial charge in [-0.15, -0.1) is 11.3 Å². The fraction of sp³-hybridized carbons (Fsp3) is 0.0800. The number of hydrazone groups is 1. The molecule has 0 spiro atoms. The molecule has 6 nitrogen and oxygen atoms in total. The highest BCUT2D eigenvalue weighted by Crippen LogP contribution is 2.34. The van der Waals surface area contributed by atoms with Gasteiger partial charge >= 0.3 is 5.97 Å². The van der Waals surface area contributed by atoms with Gasteiger partial charge in [-0.25, -0.2) is 9.78 Å². The Morgan fingerprint density at radius 3 is 2.55 bits per heavy atom. The highest BCUT2D eigenvalue weighted by molar-refractivity contribution is 9.10. The molecule has 4 aromatic rings. The van der Waals surface area contributed by atoms with Gasteiger partial charge in [0, 0.05) is 21.0 Å². The van der Waals surface area contributed by atoms with Crippen molar-refractivity contribution in [1.82, 2.24) is 4.98 Å². The highest BCUT2D eigenvalue weighted by atomic mass is 79.9. The lowest BCUT2D eigenvalue weighted by Crippen LogP contribution is -2.10. The Morgan fingerprint density at radius 2 is 1.82 bits per heavy atom. The standard InChI is InChI=1S/C25H20BrN3O3S/c1-2-31-22-13-19(20(26)14-23(22)32-24(30)18-11-7-4-8-12-18)15-27-29-25-28-21(16-33-25)17-9-5-3-6-10-17/h3-16H,2H2,1H3,(H,28,29). The number of halogens is 1. The predicted octanol–water partition coefficient (Wildman–Crippen LogP) is 6.64. The van der Waals surface area contributed by atoms with Crippen LogP contribution < -0.4 is 14.9 Å². The van der Waals surface area contributed by atoms with Crippen molar-refractivity contribution >= 4 is 44.6 Å². The van der Waals surface area contributed by atoms with Crippen LogP contribution in [0.1, 0.15) is 22.8 Å². The van der Waals surface area contributed by atoms with Crippen LogP contribution in [0.25, 0.3) is 11.3 Å². The number of benzene rings is 3. The van der Waals surface area contributed by atoms with Crippen LogP contribution >= 0.6 is 27.3 Å². The third-order valence-corrected chi connectivity index (χ3v) is 5.95. The van der Waals surface area contributed by atoms with Crippen molar-refractivity contribution in [2.75, 3.05) is 12.0 Å². The van der Waals surface area contributed by atoms with Gasteiger partial charge in [-0.1, -0.05) is 48.5 Å². The number of carbonyl (C=O) groups is 1. The summed E-state index contributed by atoms with van der Waals surface area (Å²) in [5.41, 5.74) is 6.12. The Labute approximate surface area is 204 Å². The van der Waals surface area contributed by atoms with E-state index in [-0.39, 0.29) is 0 Å². The lowest BCUT2D eigenvalue weighted by Gasteiger charge is -2.12. The molecular weight excluding hydrogens is 502 g/mol. The average Bonchev–Trinajstić information content (AvgIpc) is 3.32. The van der Waals surface area contributed by atoms with Gasteiger partial charge in [-0.2, -0.15) is 5.10 Å². The van der Waals surface area contributed by atoms with Gasteiger partial charge < -0.3 is 9.47 Å². The van der Waals surface area contributed by atoms with Gasteiger partial charge in [0.25, 0.3) is 0 Å². The van der Waals surface area contributed by atoms with Gasteiger partial charge in [-0.05, 0) is 47.1 Å². The average molecular weight is 522 g/mol. The normalized spacial score (nSPS) is 10.8. The number of rotatable bonds is 8. The van der Waals surface area contributed by atoms with Gasteiger partial charge in [-0.3, -0.25) is 5.43 Å². The number of aromatic nitrogens is 1. The maximum absolute atomic E-state index is 12.5. The molecule has 1 aromatic heterocycles. The summed E-state index contributed by atoms with van der Waals surface area (Å²) < 4.78 is 12.0. The van der Waals surface area contributed by atoms with E-state index in [4.69, 9.17) is 9.47 Å². The first-order valence-electron chi connectivity index (χ1n) is 10.2. The van der Waals surface area contributed by atoms with Gasteiger partial charge in [0.15, 0.2) is 11.5 Å². The summed E-state index contributed by atoms with van der Waals surface area (Å²) in [5.74, 6) is 0.326. The van der Waals surface area contributed by atoms with Crippen molar-refractivity contribution < 1.29 is 14.3 Å².